The fourth-order valence-electron chi connectivity index (χ4n) is 5.28. The number of benzene rings is 3. The van der Waals surface area contributed by atoms with Crippen LogP contribution in [0, 0.1) is 19.7 Å². The van der Waals surface area contributed by atoms with Crippen molar-refractivity contribution in [2.75, 3.05) is 10.1 Å². The molecule has 38 heavy (non-hydrogen) atoms. The fraction of sp³-hybridized carbons (Fsp3) is 0.214. The summed E-state index contributed by atoms with van der Waals surface area (Å²) in [5, 5.41) is 26.4. The molecule has 1 saturated heterocycles. The number of primary amides is 1. The van der Waals surface area contributed by atoms with E-state index in [1.54, 1.807) is 18.2 Å². The standard InChI is InChI=1S/C28H25FN4O4S/c1-15-25(16(2)37-31-15)18-11-22(27(30)34)26-21-13-20(33-28(35,36)9-10-38-33)7-8-23(21)32(24(26)12-18)14-17-3-5-19(29)6-4-17/h3-8,11-13,35-36H,9-10,14H2,1-2H3,(H2,30,34). The Balaban J connectivity index is 1.66. The van der Waals surface area contributed by atoms with Crippen molar-refractivity contribution in [3.63, 3.8) is 0 Å². The summed E-state index contributed by atoms with van der Waals surface area (Å²) in [7, 11) is 0. The Bertz CT molecular complexity index is 1710. The number of anilines is 1. The minimum Gasteiger partial charge on any atom is -0.366 e. The largest absolute Gasteiger partial charge is 0.366 e. The topological polar surface area (TPSA) is 118 Å². The van der Waals surface area contributed by atoms with Crippen LogP contribution in [0.25, 0.3) is 32.9 Å². The second-order valence-electron chi connectivity index (χ2n) is 9.55. The number of aryl methyl sites for hydroxylation is 2. The van der Waals surface area contributed by atoms with Gasteiger partial charge in [-0.15, -0.1) is 0 Å². The van der Waals surface area contributed by atoms with Crippen LogP contribution < -0.4 is 10.0 Å². The maximum absolute atomic E-state index is 13.6. The van der Waals surface area contributed by atoms with Crippen LogP contribution in [0.1, 0.15) is 33.8 Å². The molecule has 6 rings (SSSR count). The number of aliphatic hydroxyl groups is 2. The molecule has 1 aliphatic rings. The summed E-state index contributed by atoms with van der Waals surface area (Å²) in [6, 6.07) is 15.6. The summed E-state index contributed by atoms with van der Waals surface area (Å²) in [4.78, 5) is 12.8. The number of nitrogens with two attached hydrogens (primary N) is 1. The molecular weight excluding hydrogens is 507 g/mol. The second kappa shape index (κ2) is 8.87. The molecular formula is C28H25FN4O4S. The van der Waals surface area contributed by atoms with Crippen LogP contribution in [0.5, 0.6) is 0 Å². The third kappa shape index (κ3) is 3.92. The zero-order chi connectivity index (χ0) is 26.8. The van der Waals surface area contributed by atoms with E-state index in [9.17, 15) is 19.4 Å². The number of nitrogens with zero attached hydrogens (tertiary/aromatic N) is 3. The SMILES string of the molecule is Cc1noc(C)c1-c1cc(C(N)=O)c2c3cc(N4SCCC4(O)O)ccc3n(Cc3ccc(F)cc3)c2c1. The first-order chi connectivity index (χ1) is 18.1. The van der Waals surface area contributed by atoms with Gasteiger partial charge in [0.25, 0.3) is 5.91 Å². The van der Waals surface area contributed by atoms with Gasteiger partial charge in [-0.25, -0.2) is 4.39 Å². The highest BCUT2D eigenvalue weighted by atomic mass is 32.2. The molecule has 0 unspecified atom stereocenters. The Morgan fingerprint density at radius 3 is 2.53 bits per heavy atom. The number of carbonyl (C=O) groups is 1. The normalized spacial score (nSPS) is 15.1. The molecule has 0 atom stereocenters. The Morgan fingerprint density at radius 1 is 1.13 bits per heavy atom. The van der Waals surface area contributed by atoms with Gasteiger partial charge in [0.15, 0.2) is 0 Å². The fourth-order valence-corrected chi connectivity index (χ4v) is 6.38. The molecule has 3 heterocycles. The number of hydrogen-bond donors (Lipinski definition) is 3. The van der Waals surface area contributed by atoms with E-state index in [1.165, 1.54) is 28.4 Å². The summed E-state index contributed by atoms with van der Waals surface area (Å²) in [6.07, 6.45) is 0.204. The molecule has 8 nitrogen and oxygen atoms in total. The first kappa shape index (κ1) is 24.5. The Morgan fingerprint density at radius 2 is 1.89 bits per heavy atom. The molecule has 1 amide bonds. The predicted octanol–water partition coefficient (Wildman–Crippen LogP) is 4.85. The van der Waals surface area contributed by atoms with Gasteiger partial charge >= 0.3 is 0 Å². The van der Waals surface area contributed by atoms with Crippen LogP contribution in [0.2, 0.25) is 0 Å². The van der Waals surface area contributed by atoms with Gasteiger partial charge in [-0.05, 0) is 79.4 Å². The third-order valence-corrected chi connectivity index (χ3v) is 8.16. The second-order valence-corrected chi connectivity index (χ2v) is 10.6. The molecule has 0 aliphatic carbocycles. The highest BCUT2D eigenvalue weighted by molar-refractivity contribution is 8.00. The molecule has 5 aromatic rings. The zero-order valence-electron chi connectivity index (χ0n) is 20.7. The van der Waals surface area contributed by atoms with Gasteiger partial charge in [0.1, 0.15) is 11.6 Å². The summed E-state index contributed by atoms with van der Waals surface area (Å²) in [6.45, 7) is 4.06. The van der Waals surface area contributed by atoms with Crippen LogP contribution in [0.15, 0.2) is 59.1 Å². The van der Waals surface area contributed by atoms with Crippen LogP contribution in [-0.4, -0.2) is 37.5 Å². The monoisotopic (exact) mass is 532 g/mol. The molecule has 194 valence electrons. The van der Waals surface area contributed by atoms with Crippen molar-refractivity contribution in [3.05, 3.63) is 83.0 Å². The van der Waals surface area contributed by atoms with Crippen molar-refractivity contribution in [3.8, 4) is 11.1 Å². The molecule has 0 spiro atoms. The van der Waals surface area contributed by atoms with Gasteiger partial charge in [-0.3, -0.25) is 9.10 Å². The lowest BCUT2D eigenvalue weighted by Gasteiger charge is -2.28. The van der Waals surface area contributed by atoms with E-state index < -0.39 is 11.8 Å². The van der Waals surface area contributed by atoms with Crippen molar-refractivity contribution in [1.82, 2.24) is 9.72 Å². The average Bonchev–Trinajstić information content (AvgIpc) is 3.51. The van der Waals surface area contributed by atoms with Gasteiger partial charge < -0.3 is 25.0 Å². The van der Waals surface area contributed by atoms with Crippen molar-refractivity contribution in [1.29, 1.82) is 0 Å². The number of halogens is 1. The molecule has 10 heteroatoms. The molecule has 4 N–H and O–H groups in total. The van der Waals surface area contributed by atoms with Crippen LogP contribution in [0.4, 0.5) is 10.1 Å². The average molecular weight is 533 g/mol. The number of rotatable bonds is 5. The molecule has 3 aromatic carbocycles. The zero-order valence-corrected chi connectivity index (χ0v) is 21.6. The quantitative estimate of drug-likeness (QED) is 0.219. The Kier molecular flexibility index (Phi) is 5.71. The summed E-state index contributed by atoms with van der Waals surface area (Å²) < 4.78 is 22.5. The van der Waals surface area contributed by atoms with Crippen molar-refractivity contribution in [2.45, 2.75) is 32.7 Å². The summed E-state index contributed by atoms with van der Waals surface area (Å²) >= 11 is 1.32. The van der Waals surface area contributed by atoms with E-state index in [1.807, 2.05) is 38.1 Å². The van der Waals surface area contributed by atoms with Crippen molar-refractivity contribution < 1.29 is 23.9 Å². The van der Waals surface area contributed by atoms with E-state index in [4.69, 9.17) is 10.3 Å². The van der Waals surface area contributed by atoms with Crippen LogP contribution >= 0.6 is 11.9 Å². The minimum atomic E-state index is -1.98. The lowest BCUT2D eigenvalue weighted by molar-refractivity contribution is -0.143. The maximum atomic E-state index is 13.6. The van der Waals surface area contributed by atoms with E-state index in [0.717, 1.165) is 33.1 Å². The van der Waals surface area contributed by atoms with Crippen LogP contribution in [0.3, 0.4) is 0 Å². The van der Waals surface area contributed by atoms with Crippen LogP contribution in [-0.2, 0) is 6.54 Å². The van der Waals surface area contributed by atoms with E-state index in [2.05, 4.69) is 9.72 Å². The number of fused-ring (bicyclic) bond motifs is 3. The Hall–Kier alpha value is -3.86. The molecule has 0 bridgehead atoms. The number of aromatic nitrogens is 2. The van der Waals surface area contributed by atoms with Crippen molar-refractivity contribution in [2.24, 2.45) is 5.73 Å². The van der Waals surface area contributed by atoms with Gasteiger partial charge in [0.05, 0.1) is 16.9 Å². The Labute approximate surface area is 221 Å². The van der Waals surface area contributed by atoms with E-state index in [0.29, 0.717) is 40.4 Å². The molecule has 1 aliphatic heterocycles. The molecule has 0 radical (unpaired) electrons. The first-order valence-electron chi connectivity index (χ1n) is 12.1. The predicted molar refractivity (Wildman–Crippen MR) is 145 cm³/mol. The minimum absolute atomic E-state index is 0.204. The lowest BCUT2D eigenvalue weighted by atomic mass is 9.97. The summed E-state index contributed by atoms with van der Waals surface area (Å²) in [5.41, 5.74) is 11.5. The van der Waals surface area contributed by atoms with Gasteiger partial charge in [0, 0.05) is 46.1 Å². The molecule has 1 fully saturated rings. The summed E-state index contributed by atoms with van der Waals surface area (Å²) in [5.74, 6) is -1.71. The number of hydrogen-bond acceptors (Lipinski definition) is 7. The van der Waals surface area contributed by atoms with Gasteiger partial charge in [-0.2, -0.15) is 0 Å². The maximum Gasteiger partial charge on any atom is 0.257 e. The van der Waals surface area contributed by atoms with E-state index in [-0.39, 0.29) is 12.2 Å². The van der Waals surface area contributed by atoms with Crippen molar-refractivity contribution >= 4 is 45.3 Å². The number of amides is 1. The third-order valence-electron chi connectivity index (χ3n) is 7.01. The molecule has 2 aromatic heterocycles. The first-order valence-corrected chi connectivity index (χ1v) is 13.0. The highest BCUT2D eigenvalue weighted by Gasteiger charge is 2.38. The highest BCUT2D eigenvalue weighted by Crippen LogP contribution is 2.42. The van der Waals surface area contributed by atoms with Gasteiger partial charge in [-0.1, -0.05) is 17.3 Å². The van der Waals surface area contributed by atoms with Gasteiger partial charge in [0.2, 0.25) is 5.91 Å². The smallest absolute Gasteiger partial charge is 0.257 e. The van der Waals surface area contributed by atoms with E-state index >= 15 is 0 Å². The number of carbonyl (C=O) groups excluding carboxylic acids is 1. The molecule has 0 saturated carbocycles. The lowest BCUT2D eigenvalue weighted by Crippen LogP contribution is -2.40.